The number of hydrogen-bond acceptors (Lipinski definition) is 2. The molecule has 0 spiro atoms. The molecule has 118 valence electrons. The lowest BCUT2D eigenvalue weighted by molar-refractivity contribution is 0.209. The van der Waals surface area contributed by atoms with Gasteiger partial charge in [0.2, 0.25) is 0 Å². The first-order valence-corrected chi connectivity index (χ1v) is 7.96. The number of rotatable bonds is 3. The molecule has 1 aliphatic rings. The number of amides is 1. The maximum atomic E-state index is 10.8. The minimum absolute atomic E-state index is 0.290. The van der Waals surface area contributed by atoms with E-state index in [2.05, 4.69) is 62.7 Å². The number of allylic oxidation sites excluding steroid dienone is 4. The number of anilines is 1. The number of aromatic nitrogens is 2. The van der Waals surface area contributed by atoms with Crippen LogP contribution >= 0.6 is 15.9 Å². The van der Waals surface area contributed by atoms with Gasteiger partial charge in [-0.05, 0) is 29.0 Å². The molecule has 3 N–H and O–H groups in total. The van der Waals surface area contributed by atoms with Gasteiger partial charge in [0.05, 0.1) is 11.1 Å². The fourth-order valence-corrected chi connectivity index (χ4v) is 3.37. The minimum atomic E-state index is -1.13. The molecule has 1 amide bonds. The topological polar surface area (TPSA) is 78.0 Å². The highest BCUT2D eigenvalue weighted by Gasteiger charge is 2.36. The van der Waals surface area contributed by atoms with Crippen LogP contribution in [0.25, 0.3) is 0 Å². The van der Waals surface area contributed by atoms with Crippen molar-refractivity contribution in [2.24, 2.45) is 0 Å². The van der Waals surface area contributed by atoms with Gasteiger partial charge in [0, 0.05) is 6.07 Å². The predicted molar refractivity (Wildman–Crippen MR) is 92.8 cm³/mol. The largest absolute Gasteiger partial charge is 0.465 e. The molecule has 2 aromatic rings. The van der Waals surface area contributed by atoms with Gasteiger partial charge in [0.15, 0.2) is 5.82 Å². The van der Waals surface area contributed by atoms with E-state index in [1.807, 2.05) is 18.2 Å². The monoisotopic (exact) mass is 373 g/mol. The first-order valence-electron chi connectivity index (χ1n) is 7.17. The summed E-state index contributed by atoms with van der Waals surface area (Å²) in [5.74, 6) is 0.290. The summed E-state index contributed by atoms with van der Waals surface area (Å²) in [6, 6.07) is 11.8. The van der Waals surface area contributed by atoms with E-state index in [0.29, 0.717) is 5.82 Å². The summed E-state index contributed by atoms with van der Waals surface area (Å²) >= 11 is 3.66. The predicted octanol–water partition coefficient (Wildman–Crippen LogP) is 4.41. The Kier molecular flexibility index (Phi) is 4.09. The van der Waals surface area contributed by atoms with Crippen LogP contribution in [0.4, 0.5) is 10.6 Å². The molecule has 23 heavy (non-hydrogen) atoms. The molecule has 1 aliphatic carbocycles. The lowest BCUT2D eigenvalue weighted by Crippen LogP contribution is -2.28. The van der Waals surface area contributed by atoms with Gasteiger partial charge in [-0.15, -0.1) is 0 Å². The van der Waals surface area contributed by atoms with E-state index in [0.717, 1.165) is 22.2 Å². The Hall–Kier alpha value is -2.34. The number of nitrogens with zero attached hydrogens (tertiary/aromatic N) is 1. The van der Waals surface area contributed by atoms with Crippen LogP contribution in [-0.2, 0) is 5.41 Å². The van der Waals surface area contributed by atoms with Crippen molar-refractivity contribution in [2.75, 3.05) is 5.32 Å². The Balaban J connectivity index is 2.09. The molecule has 0 saturated heterocycles. The lowest BCUT2D eigenvalue weighted by atomic mass is 9.72. The molecule has 1 atom stereocenters. The Morgan fingerprint density at radius 1 is 1.39 bits per heavy atom. The van der Waals surface area contributed by atoms with Crippen molar-refractivity contribution in [2.45, 2.75) is 18.8 Å². The van der Waals surface area contributed by atoms with E-state index in [1.54, 1.807) is 6.07 Å². The van der Waals surface area contributed by atoms with Crippen LogP contribution in [0, 0.1) is 0 Å². The highest BCUT2D eigenvalue weighted by atomic mass is 79.9. The van der Waals surface area contributed by atoms with Gasteiger partial charge in [-0.25, -0.2) is 4.79 Å². The van der Waals surface area contributed by atoms with Gasteiger partial charge >= 0.3 is 6.09 Å². The normalized spacial score (nSPS) is 20.6. The number of halogens is 1. The Morgan fingerprint density at radius 3 is 2.78 bits per heavy atom. The second-order valence-corrected chi connectivity index (χ2v) is 6.49. The van der Waals surface area contributed by atoms with Gasteiger partial charge < -0.3 is 5.11 Å². The van der Waals surface area contributed by atoms with E-state index in [1.165, 1.54) is 5.57 Å². The highest BCUT2D eigenvalue weighted by molar-refractivity contribution is 9.11. The molecule has 0 radical (unpaired) electrons. The molecule has 0 fully saturated rings. The number of benzene rings is 1. The zero-order valence-electron chi connectivity index (χ0n) is 12.5. The Morgan fingerprint density at radius 2 is 2.13 bits per heavy atom. The van der Waals surface area contributed by atoms with E-state index < -0.39 is 11.5 Å². The number of hydrogen-bond donors (Lipinski definition) is 3. The van der Waals surface area contributed by atoms with E-state index in [9.17, 15) is 4.79 Å². The van der Waals surface area contributed by atoms with Crippen molar-refractivity contribution in [3.63, 3.8) is 0 Å². The van der Waals surface area contributed by atoms with E-state index in [-0.39, 0.29) is 0 Å². The third kappa shape index (κ3) is 2.94. The smallest absolute Gasteiger partial charge is 0.410 e. The summed E-state index contributed by atoms with van der Waals surface area (Å²) in [6.45, 7) is 2.06. The van der Waals surface area contributed by atoms with Gasteiger partial charge in [0.25, 0.3) is 0 Å². The molecular formula is C17H16BrN3O2. The number of H-pyrrole nitrogens is 1. The van der Waals surface area contributed by atoms with E-state index >= 15 is 0 Å². The van der Waals surface area contributed by atoms with Gasteiger partial charge in [-0.1, -0.05) is 58.4 Å². The molecule has 1 heterocycles. The average Bonchev–Trinajstić information content (AvgIpc) is 2.99. The molecule has 5 nitrogen and oxygen atoms in total. The molecule has 0 saturated carbocycles. The number of carbonyl (C=O) groups is 1. The van der Waals surface area contributed by atoms with Crippen LogP contribution in [0.5, 0.6) is 0 Å². The van der Waals surface area contributed by atoms with Crippen molar-refractivity contribution < 1.29 is 9.90 Å². The molecule has 0 aliphatic heterocycles. The summed E-state index contributed by atoms with van der Waals surface area (Å²) in [6.07, 6.45) is 3.83. The first kappa shape index (κ1) is 15.6. The number of nitrogens with one attached hydrogen (secondary N) is 2. The van der Waals surface area contributed by atoms with Gasteiger partial charge in [-0.2, -0.15) is 5.10 Å². The zero-order chi connectivity index (χ0) is 16.4. The quantitative estimate of drug-likeness (QED) is 0.745. The van der Waals surface area contributed by atoms with Crippen molar-refractivity contribution in [3.8, 4) is 0 Å². The molecular weight excluding hydrogens is 358 g/mol. The molecule has 1 aromatic heterocycles. The SMILES string of the molecule is CC1=C(Br)CC(c2ccccc2)(c2cc(NC(=O)O)n[nH]2)C=C1. The fraction of sp³-hybridized carbons (Fsp3) is 0.176. The third-order valence-corrected chi connectivity index (χ3v) is 4.97. The van der Waals surface area contributed by atoms with Crippen LogP contribution in [0.1, 0.15) is 24.6 Å². The summed E-state index contributed by atoms with van der Waals surface area (Å²) in [5.41, 5.74) is 2.73. The van der Waals surface area contributed by atoms with Crippen LogP contribution < -0.4 is 5.32 Å². The fourth-order valence-electron chi connectivity index (χ4n) is 2.80. The van der Waals surface area contributed by atoms with Gasteiger partial charge in [-0.3, -0.25) is 10.4 Å². The Bertz CT molecular complexity index is 795. The van der Waals surface area contributed by atoms with Crippen LogP contribution in [0.15, 0.2) is 58.6 Å². The summed E-state index contributed by atoms with van der Waals surface area (Å²) < 4.78 is 1.12. The second kappa shape index (κ2) is 6.04. The van der Waals surface area contributed by atoms with Crippen LogP contribution in [-0.4, -0.2) is 21.4 Å². The summed E-state index contributed by atoms with van der Waals surface area (Å²) in [4.78, 5) is 10.8. The number of carboxylic acid groups (broad SMARTS) is 1. The zero-order valence-corrected chi connectivity index (χ0v) is 14.1. The van der Waals surface area contributed by atoms with Crippen LogP contribution in [0.3, 0.4) is 0 Å². The summed E-state index contributed by atoms with van der Waals surface area (Å²) in [5, 5.41) is 18.2. The van der Waals surface area contributed by atoms with Crippen molar-refractivity contribution in [1.29, 1.82) is 0 Å². The molecule has 1 aromatic carbocycles. The molecule has 0 bridgehead atoms. The maximum Gasteiger partial charge on any atom is 0.410 e. The molecule has 1 unspecified atom stereocenters. The standard InChI is InChI=1S/C17H16BrN3O2/c1-11-7-8-17(10-13(11)18,12-5-3-2-4-6-12)14-9-15(21-20-14)19-16(22)23/h2-9H,10H2,1H3,(H,22,23)(H2,19,20,21). The molecule has 3 rings (SSSR count). The van der Waals surface area contributed by atoms with Gasteiger partial charge in [0.1, 0.15) is 0 Å². The van der Waals surface area contributed by atoms with E-state index in [4.69, 9.17) is 5.11 Å². The second-order valence-electron chi connectivity index (χ2n) is 5.53. The maximum absolute atomic E-state index is 10.8. The number of aromatic amines is 1. The van der Waals surface area contributed by atoms with Crippen molar-refractivity contribution >= 4 is 27.8 Å². The first-order chi connectivity index (χ1) is 11.0. The third-order valence-electron chi connectivity index (χ3n) is 4.06. The van der Waals surface area contributed by atoms with Crippen molar-refractivity contribution in [1.82, 2.24) is 10.2 Å². The average molecular weight is 374 g/mol. The van der Waals surface area contributed by atoms with Crippen LogP contribution in [0.2, 0.25) is 0 Å². The minimum Gasteiger partial charge on any atom is -0.465 e. The summed E-state index contributed by atoms with van der Waals surface area (Å²) in [7, 11) is 0. The van der Waals surface area contributed by atoms with Crippen molar-refractivity contribution in [3.05, 3.63) is 69.9 Å². The Labute approximate surface area is 142 Å². The highest BCUT2D eigenvalue weighted by Crippen LogP contribution is 2.44. The lowest BCUT2D eigenvalue weighted by Gasteiger charge is -2.33. The molecule has 6 heteroatoms.